The van der Waals surface area contributed by atoms with Crippen LogP contribution >= 0.6 is 0 Å². The third kappa shape index (κ3) is 2.58. The van der Waals surface area contributed by atoms with Gasteiger partial charge in [-0.1, -0.05) is 55.5 Å². The Hall–Kier alpha value is -2.13. The number of benzene rings is 2. The molecule has 1 atom stereocenters. The molecule has 0 bridgehead atoms. The van der Waals surface area contributed by atoms with E-state index in [0.29, 0.717) is 0 Å². The highest BCUT2D eigenvalue weighted by Crippen LogP contribution is 2.25. The predicted molar refractivity (Wildman–Crippen MR) is 84.0 cm³/mol. The molecule has 0 saturated carbocycles. The lowest BCUT2D eigenvalue weighted by Gasteiger charge is -2.35. The predicted octanol–water partition coefficient (Wildman–Crippen LogP) is 3.38. The highest BCUT2D eigenvalue weighted by atomic mass is 15.3. The van der Waals surface area contributed by atoms with Crippen molar-refractivity contribution >= 4 is 11.9 Å². The van der Waals surface area contributed by atoms with Gasteiger partial charge in [0.15, 0.2) is 5.79 Å². The van der Waals surface area contributed by atoms with Gasteiger partial charge in [-0.25, -0.2) is 0 Å². The summed E-state index contributed by atoms with van der Waals surface area (Å²) in [5.41, 5.74) is 3.53. The number of nitrogens with zero attached hydrogens (tertiary/aromatic N) is 1. The molecule has 0 radical (unpaired) electrons. The minimum absolute atomic E-state index is 0.413. The smallest absolute Gasteiger partial charge is 0.184 e. The zero-order valence-electron chi connectivity index (χ0n) is 11.6. The van der Waals surface area contributed by atoms with Crippen molar-refractivity contribution in [3.8, 4) is 0 Å². The second-order valence-corrected chi connectivity index (χ2v) is 5.02. The van der Waals surface area contributed by atoms with Gasteiger partial charge in [0.2, 0.25) is 0 Å². The quantitative estimate of drug-likeness (QED) is 0.889. The number of para-hydroxylation sites is 1. The molecule has 1 heterocycles. The molecule has 0 saturated heterocycles. The highest BCUT2D eigenvalue weighted by molar-refractivity contribution is 5.90. The van der Waals surface area contributed by atoms with Crippen LogP contribution in [-0.2, 0) is 6.54 Å². The molecule has 20 heavy (non-hydrogen) atoms. The monoisotopic (exact) mass is 265 g/mol. The van der Waals surface area contributed by atoms with Crippen LogP contribution < -0.4 is 10.6 Å². The van der Waals surface area contributed by atoms with Crippen molar-refractivity contribution in [2.45, 2.75) is 25.7 Å². The number of aliphatic imine (C=N–C) groups is 1. The van der Waals surface area contributed by atoms with Crippen LogP contribution in [0.3, 0.4) is 0 Å². The van der Waals surface area contributed by atoms with E-state index in [1.165, 1.54) is 5.56 Å². The Balaban J connectivity index is 1.77. The Morgan fingerprint density at radius 2 is 1.80 bits per heavy atom. The lowest BCUT2D eigenvalue weighted by Crippen LogP contribution is -2.51. The standard InChI is InChI=1S/C17H19N3/c1-2-17(18-12-14-8-4-3-5-9-14)19-13-15-10-6-7-11-16(15)20-17/h3-11,13,18,20H,2,12H2,1H3. The van der Waals surface area contributed by atoms with E-state index in [0.717, 1.165) is 24.2 Å². The molecule has 2 aromatic rings. The van der Waals surface area contributed by atoms with Crippen LogP contribution in [0, 0.1) is 0 Å². The Kier molecular flexibility index (Phi) is 3.52. The molecule has 0 aromatic heterocycles. The van der Waals surface area contributed by atoms with E-state index < -0.39 is 5.79 Å². The summed E-state index contributed by atoms with van der Waals surface area (Å²) in [6, 6.07) is 18.6. The fourth-order valence-electron chi connectivity index (χ4n) is 2.40. The maximum atomic E-state index is 4.69. The maximum Gasteiger partial charge on any atom is 0.184 e. The molecule has 3 nitrogen and oxygen atoms in total. The fourth-order valence-corrected chi connectivity index (χ4v) is 2.40. The SMILES string of the molecule is CCC1(NCc2ccccc2)N=Cc2ccccc2N1. The minimum atomic E-state index is -0.413. The van der Waals surface area contributed by atoms with E-state index in [4.69, 9.17) is 0 Å². The van der Waals surface area contributed by atoms with Crippen LogP contribution in [0.15, 0.2) is 59.6 Å². The van der Waals surface area contributed by atoms with Gasteiger partial charge >= 0.3 is 0 Å². The molecule has 0 fully saturated rings. The summed E-state index contributed by atoms with van der Waals surface area (Å²) in [5, 5.41) is 7.05. The van der Waals surface area contributed by atoms with Gasteiger partial charge in [0.1, 0.15) is 0 Å². The molecular formula is C17H19N3. The summed E-state index contributed by atoms with van der Waals surface area (Å²) in [5.74, 6) is -0.413. The Morgan fingerprint density at radius 3 is 2.60 bits per heavy atom. The van der Waals surface area contributed by atoms with Crippen molar-refractivity contribution in [1.29, 1.82) is 0 Å². The topological polar surface area (TPSA) is 36.4 Å². The van der Waals surface area contributed by atoms with Crippen LogP contribution in [0.5, 0.6) is 0 Å². The van der Waals surface area contributed by atoms with Crippen LogP contribution in [0.2, 0.25) is 0 Å². The Labute approximate surface area is 119 Å². The van der Waals surface area contributed by atoms with E-state index >= 15 is 0 Å². The highest BCUT2D eigenvalue weighted by Gasteiger charge is 2.28. The zero-order chi connectivity index (χ0) is 13.8. The van der Waals surface area contributed by atoms with Gasteiger partial charge in [0.05, 0.1) is 0 Å². The second-order valence-electron chi connectivity index (χ2n) is 5.02. The average Bonchev–Trinajstić information content (AvgIpc) is 2.54. The number of hydrogen-bond acceptors (Lipinski definition) is 3. The molecule has 2 N–H and O–H groups in total. The summed E-state index contributed by atoms with van der Waals surface area (Å²) in [4.78, 5) is 4.69. The largest absolute Gasteiger partial charge is 0.348 e. The number of rotatable bonds is 4. The number of anilines is 1. The lowest BCUT2D eigenvalue weighted by molar-refractivity contribution is 0.369. The first-order valence-electron chi connectivity index (χ1n) is 7.03. The first kappa shape index (κ1) is 12.9. The molecule has 3 rings (SSSR count). The number of fused-ring (bicyclic) bond motifs is 1. The van der Waals surface area contributed by atoms with Crippen LogP contribution in [0.4, 0.5) is 5.69 Å². The van der Waals surface area contributed by atoms with Crippen molar-refractivity contribution in [1.82, 2.24) is 5.32 Å². The van der Waals surface area contributed by atoms with E-state index in [2.05, 4.69) is 58.9 Å². The molecule has 1 unspecified atom stereocenters. The van der Waals surface area contributed by atoms with Gasteiger partial charge in [0.25, 0.3) is 0 Å². The third-order valence-corrected chi connectivity index (χ3v) is 3.67. The fraction of sp³-hybridized carbons (Fsp3) is 0.235. The van der Waals surface area contributed by atoms with Crippen LogP contribution in [0.25, 0.3) is 0 Å². The summed E-state index contributed by atoms with van der Waals surface area (Å²) in [6.07, 6.45) is 2.83. The normalized spacial score (nSPS) is 20.2. The van der Waals surface area contributed by atoms with Crippen LogP contribution in [-0.4, -0.2) is 12.0 Å². The van der Waals surface area contributed by atoms with Crippen molar-refractivity contribution in [2.75, 3.05) is 5.32 Å². The molecule has 3 heteroatoms. The third-order valence-electron chi connectivity index (χ3n) is 3.67. The van der Waals surface area contributed by atoms with Crippen molar-refractivity contribution < 1.29 is 0 Å². The van der Waals surface area contributed by atoms with Gasteiger partial charge in [-0.3, -0.25) is 10.3 Å². The van der Waals surface area contributed by atoms with Crippen LogP contribution in [0.1, 0.15) is 24.5 Å². The van der Waals surface area contributed by atoms with Gasteiger partial charge in [-0.2, -0.15) is 0 Å². The molecular weight excluding hydrogens is 246 g/mol. The summed E-state index contributed by atoms with van der Waals surface area (Å²) < 4.78 is 0. The molecule has 0 spiro atoms. The first-order valence-corrected chi connectivity index (χ1v) is 7.03. The Bertz CT molecular complexity index is 607. The Morgan fingerprint density at radius 1 is 1.05 bits per heavy atom. The number of nitrogens with one attached hydrogen (secondary N) is 2. The maximum absolute atomic E-state index is 4.69. The van der Waals surface area contributed by atoms with E-state index in [9.17, 15) is 0 Å². The van der Waals surface area contributed by atoms with Gasteiger partial charge in [-0.05, 0) is 11.6 Å². The molecule has 0 amide bonds. The molecule has 0 aliphatic carbocycles. The van der Waals surface area contributed by atoms with Crippen molar-refractivity contribution in [3.63, 3.8) is 0 Å². The van der Waals surface area contributed by atoms with Crippen molar-refractivity contribution in [2.24, 2.45) is 4.99 Å². The van der Waals surface area contributed by atoms with Gasteiger partial charge < -0.3 is 5.32 Å². The van der Waals surface area contributed by atoms with Crippen molar-refractivity contribution in [3.05, 3.63) is 65.7 Å². The van der Waals surface area contributed by atoms with E-state index in [-0.39, 0.29) is 0 Å². The molecule has 102 valence electrons. The molecule has 1 aliphatic heterocycles. The second kappa shape index (κ2) is 5.47. The van der Waals surface area contributed by atoms with Gasteiger partial charge in [-0.15, -0.1) is 0 Å². The zero-order valence-corrected chi connectivity index (χ0v) is 11.6. The molecule has 2 aromatic carbocycles. The number of hydrogen-bond donors (Lipinski definition) is 2. The minimum Gasteiger partial charge on any atom is -0.348 e. The summed E-state index contributed by atoms with van der Waals surface area (Å²) in [7, 11) is 0. The lowest BCUT2D eigenvalue weighted by atomic mass is 10.1. The summed E-state index contributed by atoms with van der Waals surface area (Å²) in [6.45, 7) is 2.93. The first-order chi connectivity index (χ1) is 9.81. The van der Waals surface area contributed by atoms with E-state index in [1.807, 2.05) is 24.4 Å². The summed E-state index contributed by atoms with van der Waals surface area (Å²) >= 11 is 0. The molecule has 1 aliphatic rings. The average molecular weight is 265 g/mol. The van der Waals surface area contributed by atoms with E-state index in [1.54, 1.807) is 0 Å². The van der Waals surface area contributed by atoms with Gasteiger partial charge in [0, 0.05) is 30.4 Å².